The van der Waals surface area contributed by atoms with E-state index in [9.17, 15) is 0 Å². The maximum absolute atomic E-state index is 5.86. The van der Waals surface area contributed by atoms with Gasteiger partial charge in [0.15, 0.2) is 0 Å². The molecule has 2 N–H and O–H groups in total. The molecule has 0 radical (unpaired) electrons. The average Bonchev–Trinajstić information content (AvgIpc) is 2.77. The highest BCUT2D eigenvalue weighted by atomic mass is 16.5. The molecular formula is C14H23N3O. The summed E-state index contributed by atoms with van der Waals surface area (Å²) in [6, 6.07) is 0.672. The maximum atomic E-state index is 5.86. The van der Waals surface area contributed by atoms with Gasteiger partial charge in [0.05, 0.1) is 12.4 Å². The molecule has 1 aromatic heterocycles. The second-order valence-corrected chi connectivity index (χ2v) is 5.60. The largest absolute Gasteiger partial charge is 0.378 e. The van der Waals surface area contributed by atoms with Crippen molar-refractivity contribution in [3.8, 4) is 0 Å². The summed E-state index contributed by atoms with van der Waals surface area (Å²) in [5.41, 5.74) is 1.69. The van der Waals surface area contributed by atoms with E-state index in [2.05, 4.69) is 22.2 Å². The van der Waals surface area contributed by atoms with Gasteiger partial charge in [0, 0.05) is 42.9 Å². The SMILES string of the molecule is CCOC1CC(NCCc2cnc[nH]2)C12CCC2. The Kier molecular flexibility index (Phi) is 3.39. The Morgan fingerprint density at radius 2 is 2.44 bits per heavy atom. The third kappa shape index (κ3) is 1.97. The molecule has 3 rings (SSSR count). The van der Waals surface area contributed by atoms with Gasteiger partial charge in [0.1, 0.15) is 0 Å². The molecule has 2 fully saturated rings. The molecule has 0 aliphatic heterocycles. The summed E-state index contributed by atoms with van der Waals surface area (Å²) in [6.07, 6.45) is 10.5. The number of ether oxygens (including phenoxy) is 1. The fraction of sp³-hybridized carbons (Fsp3) is 0.786. The minimum absolute atomic E-state index is 0.476. The fourth-order valence-corrected chi connectivity index (χ4v) is 3.53. The minimum Gasteiger partial charge on any atom is -0.378 e. The number of imidazole rings is 1. The van der Waals surface area contributed by atoms with Crippen LogP contribution in [0.4, 0.5) is 0 Å². The first-order valence-electron chi connectivity index (χ1n) is 7.17. The van der Waals surface area contributed by atoms with Crippen molar-refractivity contribution in [1.29, 1.82) is 0 Å². The van der Waals surface area contributed by atoms with Crippen LogP contribution >= 0.6 is 0 Å². The molecule has 18 heavy (non-hydrogen) atoms. The van der Waals surface area contributed by atoms with Crippen molar-refractivity contribution in [1.82, 2.24) is 15.3 Å². The second-order valence-electron chi connectivity index (χ2n) is 5.60. The number of hydrogen-bond donors (Lipinski definition) is 2. The predicted octanol–water partition coefficient (Wildman–Crippen LogP) is 1.89. The van der Waals surface area contributed by atoms with Crippen LogP contribution in [0.3, 0.4) is 0 Å². The number of aromatic nitrogens is 2. The summed E-state index contributed by atoms with van der Waals surface area (Å²) < 4.78 is 5.86. The number of hydrogen-bond acceptors (Lipinski definition) is 3. The van der Waals surface area contributed by atoms with E-state index in [1.165, 1.54) is 31.4 Å². The molecule has 0 saturated heterocycles. The quantitative estimate of drug-likeness (QED) is 0.809. The van der Waals surface area contributed by atoms with Crippen LogP contribution < -0.4 is 5.32 Å². The van der Waals surface area contributed by atoms with Crippen LogP contribution in [0.25, 0.3) is 0 Å². The van der Waals surface area contributed by atoms with Gasteiger partial charge in [-0.15, -0.1) is 0 Å². The molecule has 2 aliphatic rings. The van der Waals surface area contributed by atoms with Gasteiger partial charge < -0.3 is 15.0 Å². The van der Waals surface area contributed by atoms with Gasteiger partial charge in [-0.3, -0.25) is 0 Å². The Hall–Kier alpha value is -0.870. The molecule has 2 aliphatic carbocycles. The monoisotopic (exact) mass is 249 g/mol. The number of rotatable bonds is 6. The van der Waals surface area contributed by atoms with Crippen molar-refractivity contribution in [2.75, 3.05) is 13.2 Å². The third-order valence-electron chi connectivity index (χ3n) is 4.78. The van der Waals surface area contributed by atoms with Crippen molar-refractivity contribution in [3.63, 3.8) is 0 Å². The van der Waals surface area contributed by atoms with Crippen molar-refractivity contribution in [2.24, 2.45) is 5.41 Å². The molecule has 1 spiro atoms. The summed E-state index contributed by atoms with van der Waals surface area (Å²) in [4.78, 5) is 7.19. The van der Waals surface area contributed by atoms with Crippen LogP contribution in [0.5, 0.6) is 0 Å². The van der Waals surface area contributed by atoms with Gasteiger partial charge in [0.2, 0.25) is 0 Å². The van der Waals surface area contributed by atoms with E-state index < -0.39 is 0 Å². The normalized spacial score (nSPS) is 28.9. The van der Waals surface area contributed by atoms with E-state index >= 15 is 0 Å². The summed E-state index contributed by atoms with van der Waals surface area (Å²) in [5, 5.41) is 3.71. The van der Waals surface area contributed by atoms with E-state index in [4.69, 9.17) is 4.74 Å². The summed E-state index contributed by atoms with van der Waals surface area (Å²) in [6.45, 7) is 3.99. The Morgan fingerprint density at radius 1 is 1.56 bits per heavy atom. The molecule has 100 valence electrons. The Morgan fingerprint density at radius 3 is 3.06 bits per heavy atom. The van der Waals surface area contributed by atoms with Gasteiger partial charge in [-0.2, -0.15) is 0 Å². The van der Waals surface area contributed by atoms with E-state index in [1.807, 2.05) is 6.20 Å². The van der Waals surface area contributed by atoms with E-state index in [0.717, 1.165) is 19.6 Å². The maximum Gasteiger partial charge on any atom is 0.0921 e. The standard InChI is InChI=1S/C14H23N3O/c1-2-18-13-8-12(14(13)5-3-6-14)16-7-4-11-9-15-10-17-11/h9-10,12-13,16H,2-8H2,1H3,(H,15,17). The van der Waals surface area contributed by atoms with Crippen LogP contribution in [0.1, 0.15) is 38.3 Å². The summed E-state index contributed by atoms with van der Waals surface area (Å²) >= 11 is 0. The number of nitrogens with zero attached hydrogens (tertiary/aromatic N) is 1. The first kappa shape index (κ1) is 12.2. The summed E-state index contributed by atoms with van der Waals surface area (Å²) in [7, 11) is 0. The molecule has 0 bridgehead atoms. The lowest BCUT2D eigenvalue weighted by Gasteiger charge is -2.61. The van der Waals surface area contributed by atoms with Crippen LogP contribution in [0, 0.1) is 5.41 Å². The van der Waals surface area contributed by atoms with Crippen LogP contribution in [-0.2, 0) is 11.2 Å². The van der Waals surface area contributed by atoms with Gasteiger partial charge in [-0.05, 0) is 26.2 Å². The Balaban J connectivity index is 1.46. The molecule has 2 unspecified atom stereocenters. The average molecular weight is 249 g/mol. The molecule has 1 heterocycles. The van der Waals surface area contributed by atoms with Crippen molar-refractivity contribution in [2.45, 2.75) is 51.2 Å². The minimum atomic E-state index is 0.476. The molecule has 0 aromatic carbocycles. The lowest BCUT2D eigenvalue weighted by molar-refractivity contribution is -0.172. The van der Waals surface area contributed by atoms with Crippen molar-refractivity contribution in [3.05, 3.63) is 18.2 Å². The van der Waals surface area contributed by atoms with Crippen LogP contribution in [0.2, 0.25) is 0 Å². The third-order valence-corrected chi connectivity index (χ3v) is 4.78. The molecule has 4 heteroatoms. The van der Waals surface area contributed by atoms with Gasteiger partial charge in [-0.25, -0.2) is 4.98 Å². The van der Waals surface area contributed by atoms with Crippen LogP contribution in [-0.4, -0.2) is 35.3 Å². The second kappa shape index (κ2) is 5.02. The first-order valence-corrected chi connectivity index (χ1v) is 7.17. The van der Waals surface area contributed by atoms with E-state index in [1.54, 1.807) is 6.33 Å². The molecule has 2 saturated carbocycles. The number of aromatic amines is 1. The molecule has 0 amide bonds. The van der Waals surface area contributed by atoms with E-state index in [-0.39, 0.29) is 0 Å². The highest BCUT2D eigenvalue weighted by molar-refractivity contribution is 5.12. The molecular weight excluding hydrogens is 226 g/mol. The van der Waals surface area contributed by atoms with E-state index in [0.29, 0.717) is 17.6 Å². The van der Waals surface area contributed by atoms with Gasteiger partial charge in [0.25, 0.3) is 0 Å². The topological polar surface area (TPSA) is 49.9 Å². The zero-order valence-corrected chi connectivity index (χ0v) is 11.1. The lowest BCUT2D eigenvalue weighted by Crippen LogP contribution is -2.67. The first-order chi connectivity index (χ1) is 8.85. The number of H-pyrrole nitrogens is 1. The highest BCUT2D eigenvalue weighted by Gasteiger charge is 2.58. The summed E-state index contributed by atoms with van der Waals surface area (Å²) in [5.74, 6) is 0. The van der Waals surface area contributed by atoms with Crippen molar-refractivity contribution >= 4 is 0 Å². The Bertz CT molecular complexity index is 372. The molecule has 2 atom stereocenters. The van der Waals surface area contributed by atoms with Gasteiger partial charge >= 0.3 is 0 Å². The van der Waals surface area contributed by atoms with Crippen LogP contribution in [0.15, 0.2) is 12.5 Å². The van der Waals surface area contributed by atoms with Gasteiger partial charge in [-0.1, -0.05) is 6.42 Å². The molecule has 1 aromatic rings. The zero-order chi connectivity index (χ0) is 12.4. The lowest BCUT2D eigenvalue weighted by atomic mass is 9.51. The fourth-order valence-electron chi connectivity index (χ4n) is 3.53. The Labute approximate surface area is 109 Å². The predicted molar refractivity (Wildman–Crippen MR) is 70.4 cm³/mol. The number of nitrogens with one attached hydrogen (secondary N) is 2. The van der Waals surface area contributed by atoms with Crippen molar-refractivity contribution < 1.29 is 4.74 Å². The molecule has 4 nitrogen and oxygen atoms in total. The zero-order valence-electron chi connectivity index (χ0n) is 11.1. The smallest absolute Gasteiger partial charge is 0.0921 e. The highest BCUT2D eigenvalue weighted by Crippen LogP contribution is 2.57.